The zero-order valence-electron chi connectivity index (χ0n) is 13.6. The lowest BCUT2D eigenvalue weighted by Gasteiger charge is -2.37. The second-order valence-corrected chi connectivity index (χ2v) is 8.60. The van der Waals surface area contributed by atoms with Gasteiger partial charge in [-0.1, -0.05) is 48.7 Å². The van der Waals surface area contributed by atoms with Gasteiger partial charge in [-0.3, -0.25) is 0 Å². The fourth-order valence-electron chi connectivity index (χ4n) is 2.45. The zero-order chi connectivity index (χ0) is 20.0. The molecular weight excluding hydrogens is 426 g/mol. The van der Waals surface area contributed by atoms with Gasteiger partial charge in [-0.05, 0) is 18.8 Å². The number of anilines is 1. The Labute approximate surface area is 161 Å². The summed E-state index contributed by atoms with van der Waals surface area (Å²) in [5.74, 6) is -10.9. The van der Waals surface area contributed by atoms with Gasteiger partial charge < -0.3 is 5.11 Å². The van der Waals surface area contributed by atoms with E-state index >= 15 is 0 Å². The minimum Gasteiger partial charge on any atom is -0.365 e. The van der Waals surface area contributed by atoms with Gasteiger partial charge in [0.15, 0.2) is 23.3 Å². The Bertz CT molecular complexity index is 725. The van der Waals surface area contributed by atoms with E-state index in [2.05, 4.69) is 5.10 Å². The number of aliphatic hydroxyl groups is 1. The minimum absolute atomic E-state index is 0.159. The normalized spacial score (nSPS) is 20.9. The van der Waals surface area contributed by atoms with Crippen molar-refractivity contribution in [1.82, 2.24) is 0 Å². The number of halogens is 8. The standard InChI is InChI=1S/C15H14Cl3F5N2O/c1-6(2)3-4-7-5-14(26,15(16,17)18)25(24-7)13-11(22)9(20)8(19)10(21)12(13)23/h6,26H,3-5H2,1-2H3. The molecule has 3 nitrogen and oxygen atoms in total. The number of benzene rings is 1. The van der Waals surface area contributed by atoms with Crippen molar-refractivity contribution in [3.05, 3.63) is 29.1 Å². The predicted octanol–water partition coefficient (Wildman–Crippen LogP) is 5.44. The van der Waals surface area contributed by atoms with Crippen LogP contribution in [0.15, 0.2) is 5.10 Å². The van der Waals surface area contributed by atoms with Crippen molar-refractivity contribution >= 4 is 46.2 Å². The number of hydrogen-bond donors (Lipinski definition) is 1. The van der Waals surface area contributed by atoms with Crippen molar-refractivity contribution < 1.29 is 27.1 Å². The summed E-state index contributed by atoms with van der Waals surface area (Å²) in [5, 5.41) is 14.7. The molecule has 0 aromatic heterocycles. The van der Waals surface area contributed by atoms with Crippen molar-refractivity contribution in [3.63, 3.8) is 0 Å². The molecule has 0 bridgehead atoms. The van der Waals surface area contributed by atoms with E-state index in [0.717, 1.165) is 0 Å². The molecular formula is C15H14Cl3F5N2O. The molecule has 1 N–H and O–H groups in total. The third-order valence-corrected chi connectivity index (χ3v) is 4.81. The number of alkyl halides is 3. The van der Waals surface area contributed by atoms with Crippen LogP contribution >= 0.6 is 34.8 Å². The quantitative estimate of drug-likeness (QED) is 0.293. The van der Waals surface area contributed by atoms with Crippen molar-refractivity contribution in [2.24, 2.45) is 11.0 Å². The zero-order valence-corrected chi connectivity index (χ0v) is 15.8. The average Bonchev–Trinajstić information content (AvgIpc) is 2.87. The molecule has 1 unspecified atom stereocenters. The highest BCUT2D eigenvalue weighted by Gasteiger charge is 2.57. The van der Waals surface area contributed by atoms with Crippen molar-refractivity contribution in [2.45, 2.75) is 42.6 Å². The lowest BCUT2D eigenvalue weighted by Crippen LogP contribution is -2.54. The summed E-state index contributed by atoms with van der Waals surface area (Å²) in [6.07, 6.45) is 0.405. The Morgan fingerprint density at radius 1 is 1.04 bits per heavy atom. The Morgan fingerprint density at radius 2 is 1.50 bits per heavy atom. The highest BCUT2D eigenvalue weighted by Crippen LogP contribution is 2.49. The third-order valence-electron chi connectivity index (χ3n) is 3.91. The molecule has 0 aliphatic carbocycles. The summed E-state index contributed by atoms with van der Waals surface area (Å²) in [5.41, 5.74) is -3.94. The summed E-state index contributed by atoms with van der Waals surface area (Å²) in [6.45, 7) is 3.80. The molecule has 1 heterocycles. The summed E-state index contributed by atoms with van der Waals surface area (Å²) in [7, 11) is 0. The van der Waals surface area contributed by atoms with Gasteiger partial charge in [-0.25, -0.2) is 27.0 Å². The molecule has 1 aliphatic heterocycles. The average molecular weight is 440 g/mol. The number of hydrazone groups is 1. The van der Waals surface area contributed by atoms with E-state index in [9.17, 15) is 27.1 Å². The van der Waals surface area contributed by atoms with E-state index in [4.69, 9.17) is 34.8 Å². The molecule has 11 heteroatoms. The van der Waals surface area contributed by atoms with Gasteiger partial charge in [0.1, 0.15) is 5.69 Å². The molecule has 146 valence electrons. The van der Waals surface area contributed by atoms with Gasteiger partial charge in [0.2, 0.25) is 15.3 Å². The van der Waals surface area contributed by atoms with Crippen LogP contribution in [0.25, 0.3) is 0 Å². The van der Waals surface area contributed by atoms with E-state index in [1.807, 2.05) is 13.8 Å². The highest BCUT2D eigenvalue weighted by molar-refractivity contribution is 6.68. The van der Waals surface area contributed by atoms with Crippen molar-refractivity contribution in [3.8, 4) is 0 Å². The van der Waals surface area contributed by atoms with Gasteiger partial charge in [0, 0.05) is 12.1 Å². The minimum atomic E-state index is -2.64. The lowest BCUT2D eigenvalue weighted by atomic mass is 10.0. The van der Waals surface area contributed by atoms with E-state index in [1.165, 1.54) is 0 Å². The van der Waals surface area contributed by atoms with Gasteiger partial charge in [0.25, 0.3) is 0 Å². The van der Waals surface area contributed by atoms with Crippen LogP contribution in [0.5, 0.6) is 0 Å². The molecule has 2 rings (SSSR count). The largest absolute Gasteiger partial charge is 0.365 e. The Kier molecular flexibility index (Phi) is 6.03. The van der Waals surface area contributed by atoms with Crippen molar-refractivity contribution in [1.29, 1.82) is 0 Å². The van der Waals surface area contributed by atoms with Crippen LogP contribution in [0.1, 0.15) is 33.1 Å². The molecule has 0 saturated heterocycles. The summed E-state index contributed by atoms with van der Waals surface area (Å²) < 4.78 is 66.1. The van der Waals surface area contributed by atoms with Crippen LogP contribution in [-0.2, 0) is 0 Å². The van der Waals surface area contributed by atoms with Crippen LogP contribution in [0.2, 0.25) is 0 Å². The van der Waals surface area contributed by atoms with Crippen LogP contribution < -0.4 is 5.01 Å². The molecule has 0 spiro atoms. The fraction of sp³-hybridized carbons (Fsp3) is 0.533. The van der Waals surface area contributed by atoms with Gasteiger partial charge in [0.05, 0.1) is 0 Å². The van der Waals surface area contributed by atoms with Crippen LogP contribution in [0, 0.1) is 35.0 Å². The van der Waals surface area contributed by atoms with E-state index < -0.39 is 50.7 Å². The Balaban J connectivity index is 2.63. The SMILES string of the molecule is CC(C)CCC1=NN(c2c(F)c(F)c(F)c(F)c2F)C(O)(C(Cl)(Cl)Cl)C1. The molecule has 26 heavy (non-hydrogen) atoms. The summed E-state index contributed by atoms with van der Waals surface area (Å²) in [6, 6.07) is 0. The van der Waals surface area contributed by atoms with Crippen LogP contribution in [0.3, 0.4) is 0 Å². The van der Waals surface area contributed by atoms with E-state index in [1.54, 1.807) is 0 Å². The maximum absolute atomic E-state index is 14.2. The first-order chi connectivity index (χ1) is 11.8. The first-order valence-corrected chi connectivity index (χ1v) is 8.61. The first-order valence-electron chi connectivity index (χ1n) is 7.48. The second kappa shape index (κ2) is 7.30. The predicted molar refractivity (Wildman–Crippen MR) is 90.1 cm³/mol. The third kappa shape index (κ3) is 3.61. The molecule has 1 aromatic carbocycles. The van der Waals surface area contributed by atoms with Gasteiger partial charge >= 0.3 is 0 Å². The molecule has 0 radical (unpaired) electrons. The molecule has 0 saturated carbocycles. The van der Waals surface area contributed by atoms with E-state index in [0.29, 0.717) is 6.42 Å². The smallest absolute Gasteiger partial charge is 0.239 e. The second-order valence-electron chi connectivity index (χ2n) is 6.32. The van der Waals surface area contributed by atoms with Gasteiger partial charge in [-0.15, -0.1) is 0 Å². The maximum Gasteiger partial charge on any atom is 0.239 e. The van der Waals surface area contributed by atoms with Crippen LogP contribution in [0.4, 0.5) is 27.6 Å². The van der Waals surface area contributed by atoms with Gasteiger partial charge in [-0.2, -0.15) is 5.10 Å². The molecule has 0 amide bonds. The molecule has 0 fully saturated rings. The highest BCUT2D eigenvalue weighted by atomic mass is 35.6. The lowest BCUT2D eigenvalue weighted by molar-refractivity contribution is 0.0545. The summed E-state index contributed by atoms with van der Waals surface area (Å²) in [4.78, 5) is 0. The number of rotatable bonds is 4. The molecule has 1 aromatic rings. The summed E-state index contributed by atoms with van der Waals surface area (Å²) >= 11 is 17.2. The molecule has 1 aliphatic rings. The fourth-order valence-corrected chi connectivity index (χ4v) is 2.89. The monoisotopic (exact) mass is 438 g/mol. The van der Waals surface area contributed by atoms with Crippen LogP contribution in [-0.4, -0.2) is 20.3 Å². The number of nitrogens with zero attached hydrogens (tertiary/aromatic N) is 2. The topological polar surface area (TPSA) is 35.8 Å². The number of hydrogen-bond acceptors (Lipinski definition) is 3. The first kappa shape index (κ1) is 21.5. The molecule has 1 atom stereocenters. The van der Waals surface area contributed by atoms with Crippen molar-refractivity contribution in [2.75, 3.05) is 5.01 Å². The van der Waals surface area contributed by atoms with E-state index in [-0.39, 0.29) is 23.1 Å². The maximum atomic E-state index is 14.2. The Hall–Kier alpha value is -0.830. The Morgan fingerprint density at radius 3 is 1.92 bits per heavy atom.